The third kappa shape index (κ3) is 3.42. The Morgan fingerprint density at radius 1 is 1.18 bits per heavy atom. The van der Waals surface area contributed by atoms with E-state index in [2.05, 4.69) is 60.9 Å². The van der Waals surface area contributed by atoms with E-state index in [0.717, 1.165) is 13.0 Å². The summed E-state index contributed by atoms with van der Waals surface area (Å²) in [7, 11) is 0. The van der Waals surface area contributed by atoms with Crippen molar-refractivity contribution in [2.45, 2.75) is 26.3 Å². The van der Waals surface area contributed by atoms with Gasteiger partial charge in [-0.3, -0.25) is 0 Å². The molecular weight excluding hydrogens is 226 g/mol. The highest BCUT2D eigenvalue weighted by Gasteiger charge is 2.11. The average Bonchev–Trinajstić information content (AvgIpc) is 2.82. The van der Waals surface area contributed by atoms with Gasteiger partial charge in [0.15, 0.2) is 0 Å². The molecule has 1 heterocycles. The van der Waals surface area contributed by atoms with Crippen molar-refractivity contribution in [2.75, 3.05) is 6.54 Å². The number of benzene rings is 1. The summed E-state index contributed by atoms with van der Waals surface area (Å²) in [5.41, 5.74) is 2.70. The molecule has 90 valence electrons. The minimum atomic E-state index is 0.430. The highest BCUT2D eigenvalue weighted by molar-refractivity contribution is 7.09. The molecule has 1 aromatic carbocycles. The standard InChI is InChI=1S/C15H19NS/c1-3-16-15(11-14-5-4-10-17-14)13-8-6-12(2)7-9-13/h4-10,15-16H,3,11H2,1-2H3. The Bertz CT molecular complexity index is 430. The minimum absolute atomic E-state index is 0.430. The van der Waals surface area contributed by atoms with Crippen LogP contribution >= 0.6 is 11.3 Å². The van der Waals surface area contributed by atoms with Crippen LogP contribution in [0.5, 0.6) is 0 Å². The minimum Gasteiger partial charge on any atom is -0.310 e. The van der Waals surface area contributed by atoms with Crippen molar-refractivity contribution in [3.63, 3.8) is 0 Å². The monoisotopic (exact) mass is 245 g/mol. The highest BCUT2D eigenvalue weighted by atomic mass is 32.1. The van der Waals surface area contributed by atoms with Crippen LogP contribution in [0.3, 0.4) is 0 Å². The molecule has 2 aromatic rings. The van der Waals surface area contributed by atoms with E-state index in [-0.39, 0.29) is 0 Å². The predicted molar refractivity (Wildman–Crippen MR) is 75.6 cm³/mol. The molecule has 0 spiro atoms. The Morgan fingerprint density at radius 2 is 1.94 bits per heavy atom. The first-order chi connectivity index (χ1) is 8.29. The quantitative estimate of drug-likeness (QED) is 0.841. The fourth-order valence-electron chi connectivity index (χ4n) is 1.98. The van der Waals surface area contributed by atoms with Crippen molar-refractivity contribution < 1.29 is 0 Å². The van der Waals surface area contributed by atoms with E-state index in [4.69, 9.17) is 0 Å². The van der Waals surface area contributed by atoms with Gasteiger partial charge in [0.05, 0.1) is 0 Å². The zero-order valence-electron chi connectivity index (χ0n) is 10.4. The van der Waals surface area contributed by atoms with Crippen LogP contribution in [0, 0.1) is 6.92 Å². The lowest BCUT2D eigenvalue weighted by atomic mass is 10.0. The van der Waals surface area contributed by atoms with Crippen LogP contribution in [0.4, 0.5) is 0 Å². The van der Waals surface area contributed by atoms with Crippen molar-refractivity contribution in [3.05, 3.63) is 57.8 Å². The Morgan fingerprint density at radius 3 is 2.53 bits per heavy atom. The summed E-state index contributed by atoms with van der Waals surface area (Å²) in [5, 5.41) is 5.71. The molecule has 17 heavy (non-hydrogen) atoms. The molecule has 0 aliphatic heterocycles. The van der Waals surface area contributed by atoms with E-state index in [1.165, 1.54) is 16.0 Å². The fraction of sp³-hybridized carbons (Fsp3) is 0.333. The molecule has 0 saturated carbocycles. The zero-order valence-corrected chi connectivity index (χ0v) is 11.3. The Labute approximate surface area is 108 Å². The van der Waals surface area contributed by atoms with Gasteiger partial charge in [-0.25, -0.2) is 0 Å². The smallest absolute Gasteiger partial charge is 0.0368 e. The number of thiophene rings is 1. The van der Waals surface area contributed by atoms with Crippen molar-refractivity contribution in [2.24, 2.45) is 0 Å². The van der Waals surface area contributed by atoms with E-state index in [1.807, 2.05) is 11.3 Å². The molecule has 0 aliphatic rings. The molecule has 0 bridgehead atoms. The summed E-state index contributed by atoms with van der Waals surface area (Å²) in [4.78, 5) is 1.44. The van der Waals surface area contributed by atoms with Gasteiger partial charge in [-0.2, -0.15) is 0 Å². The summed E-state index contributed by atoms with van der Waals surface area (Å²) >= 11 is 1.83. The summed E-state index contributed by atoms with van der Waals surface area (Å²) in [5.74, 6) is 0. The maximum absolute atomic E-state index is 3.56. The van der Waals surface area contributed by atoms with Gasteiger partial charge < -0.3 is 5.32 Å². The van der Waals surface area contributed by atoms with E-state index in [1.54, 1.807) is 0 Å². The molecule has 0 saturated heterocycles. The SMILES string of the molecule is CCNC(Cc1cccs1)c1ccc(C)cc1. The molecule has 1 atom stereocenters. The van der Waals surface area contributed by atoms with Crippen LogP contribution in [0.2, 0.25) is 0 Å². The summed E-state index contributed by atoms with van der Waals surface area (Å²) in [6, 6.07) is 13.6. The van der Waals surface area contributed by atoms with Gasteiger partial charge in [0.1, 0.15) is 0 Å². The van der Waals surface area contributed by atoms with Gasteiger partial charge in [-0.1, -0.05) is 42.8 Å². The van der Waals surface area contributed by atoms with Gasteiger partial charge in [0.2, 0.25) is 0 Å². The fourth-order valence-corrected chi connectivity index (χ4v) is 2.73. The molecule has 0 aliphatic carbocycles. The second kappa shape index (κ2) is 5.99. The van der Waals surface area contributed by atoms with E-state index in [0.29, 0.717) is 6.04 Å². The van der Waals surface area contributed by atoms with E-state index in [9.17, 15) is 0 Å². The normalized spacial score (nSPS) is 12.6. The highest BCUT2D eigenvalue weighted by Crippen LogP contribution is 2.21. The molecule has 1 nitrogen and oxygen atoms in total. The van der Waals surface area contributed by atoms with Crippen molar-refractivity contribution in [3.8, 4) is 0 Å². The lowest BCUT2D eigenvalue weighted by Crippen LogP contribution is -2.22. The third-order valence-corrected chi connectivity index (χ3v) is 3.81. The summed E-state index contributed by atoms with van der Waals surface area (Å²) in [6.07, 6.45) is 1.08. The Kier molecular flexibility index (Phi) is 4.35. The van der Waals surface area contributed by atoms with Gasteiger partial charge in [-0.05, 0) is 30.5 Å². The van der Waals surface area contributed by atoms with Crippen LogP contribution in [0.25, 0.3) is 0 Å². The first-order valence-electron chi connectivity index (χ1n) is 6.12. The molecule has 0 radical (unpaired) electrons. The second-order valence-corrected chi connectivity index (χ2v) is 5.34. The molecule has 2 heteroatoms. The average molecular weight is 245 g/mol. The number of aryl methyl sites for hydroxylation is 1. The summed E-state index contributed by atoms with van der Waals surface area (Å²) in [6.45, 7) is 5.30. The molecule has 1 unspecified atom stereocenters. The number of rotatable bonds is 5. The largest absolute Gasteiger partial charge is 0.310 e. The van der Waals surface area contributed by atoms with Crippen LogP contribution in [0.1, 0.15) is 29.0 Å². The molecule has 2 rings (SSSR count). The maximum atomic E-state index is 3.56. The van der Waals surface area contributed by atoms with Gasteiger partial charge in [0.25, 0.3) is 0 Å². The van der Waals surface area contributed by atoms with Crippen LogP contribution in [0.15, 0.2) is 41.8 Å². The molecular formula is C15H19NS. The molecule has 1 aromatic heterocycles. The van der Waals surface area contributed by atoms with Gasteiger partial charge >= 0.3 is 0 Å². The van der Waals surface area contributed by atoms with Crippen molar-refractivity contribution >= 4 is 11.3 Å². The van der Waals surface area contributed by atoms with Crippen LogP contribution < -0.4 is 5.32 Å². The third-order valence-electron chi connectivity index (χ3n) is 2.92. The van der Waals surface area contributed by atoms with Crippen molar-refractivity contribution in [1.29, 1.82) is 0 Å². The predicted octanol–water partition coefficient (Wildman–Crippen LogP) is 3.95. The number of nitrogens with one attached hydrogen (secondary N) is 1. The Balaban J connectivity index is 2.13. The summed E-state index contributed by atoms with van der Waals surface area (Å²) < 4.78 is 0. The molecule has 0 amide bonds. The molecule has 1 N–H and O–H groups in total. The van der Waals surface area contributed by atoms with E-state index < -0.39 is 0 Å². The van der Waals surface area contributed by atoms with Gasteiger partial charge in [-0.15, -0.1) is 11.3 Å². The number of hydrogen-bond donors (Lipinski definition) is 1. The Hall–Kier alpha value is -1.12. The number of hydrogen-bond acceptors (Lipinski definition) is 2. The molecule has 0 fully saturated rings. The van der Waals surface area contributed by atoms with Gasteiger partial charge in [0, 0.05) is 17.3 Å². The lowest BCUT2D eigenvalue weighted by molar-refractivity contribution is 0.553. The zero-order chi connectivity index (χ0) is 12.1. The topological polar surface area (TPSA) is 12.0 Å². The van der Waals surface area contributed by atoms with Crippen molar-refractivity contribution in [1.82, 2.24) is 5.32 Å². The maximum Gasteiger partial charge on any atom is 0.0368 e. The first kappa shape index (κ1) is 12.3. The second-order valence-electron chi connectivity index (χ2n) is 4.30. The lowest BCUT2D eigenvalue weighted by Gasteiger charge is -2.17. The number of likely N-dealkylation sites (N-methyl/N-ethyl adjacent to an activating group) is 1. The first-order valence-corrected chi connectivity index (χ1v) is 7.00. The van der Waals surface area contributed by atoms with E-state index >= 15 is 0 Å². The van der Waals surface area contributed by atoms with Crippen LogP contribution in [-0.2, 0) is 6.42 Å². The van der Waals surface area contributed by atoms with Crippen LogP contribution in [-0.4, -0.2) is 6.54 Å².